The number of carbonyl (C=O) groups excluding carboxylic acids is 2. The van der Waals surface area contributed by atoms with Gasteiger partial charge in [0.25, 0.3) is 0 Å². The van der Waals surface area contributed by atoms with Crippen LogP contribution in [0.4, 0.5) is 0 Å². The average molecular weight is 342 g/mol. The summed E-state index contributed by atoms with van der Waals surface area (Å²) < 4.78 is 5.22. The zero-order valence-electron chi connectivity index (χ0n) is 15.2. The second kappa shape index (κ2) is 5.48. The van der Waals surface area contributed by atoms with Crippen molar-refractivity contribution in [3.63, 3.8) is 0 Å². The minimum atomic E-state index is -0.728. The Morgan fingerprint density at radius 1 is 1.28 bits per heavy atom. The number of fused-ring (bicyclic) bond motifs is 2. The van der Waals surface area contributed by atoms with Gasteiger partial charge in [0.15, 0.2) is 0 Å². The normalized spacial score (nSPS) is 33.6. The first kappa shape index (κ1) is 16.4. The quantitative estimate of drug-likeness (QED) is 0.914. The zero-order valence-corrected chi connectivity index (χ0v) is 15.2. The van der Waals surface area contributed by atoms with Crippen molar-refractivity contribution < 1.29 is 14.3 Å². The molecule has 4 fully saturated rings. The van der Waals surface area contributed by atoms with Crippen molar-refractivity contribution in [1.29, 1.82) is 0 Å². The molecule has 1 aliphatic carbocycles. The average Bonchev–Trinajstić information content (AvgIpc) is 3.01. The van der Waals surface area contributed by atoms with Crippen LogP contribution < -0.4 is 10.1 Å². The summed E-state index contributed by atoms with van der Waals surface area (Å²) in [6.45, 7) is 4.59. The Balaban J connectivity index is 1.73. The number of piperidine rings is 2. The van der Waals surface area contributed by atoms with E-state index in [1.165, 1.54) is 0 Å². The van der Waals surface area contributed by atoms with Crippen molar-refractivity contribution in [2.45, 2.75) is 57.2 Å². The number of carbonyl (C=O) groups is 2. The van der Waals surface area contributed by atoms with Crippen LogP contribution in [0, 0.1) is 11.8 Å². The molecule has 2 bridgehead atoms. The summed E-state index contributed by atoms with van der Waals surface area (Å²) in [7, 11) is 1.64. The first-order valence-electron chi connectivity index (χ1n) is 9.21. The maximum Gasteiger partial charge on any atom is 0.249 e. The van der Waals surface area contributed by atoms with Crippen LogP contribution in [-0.2, 0) is 16.1 Å². The van der Waals surface area contributed by atoms with Crippen molar-refractivity contribution in [2.75, 3.05) is 7.11 Å². The lowest BCUT2D eigenvalue weighted by Gasteiger charge is -2.61. The van der Waals surface area contributed by atoms with Crippen molar-refractivity contribution >= 4 is 11.8 Å². The topological polar surface area (TPSA) is 58.6 Å². The number of hydrogen-bond acceptors (Lipinski definition) is 3. The molecule has 5 rings (SSSR count). The number of ether oxygens (including phenoxy) is 1. The third-order valence-electron chi connectivity index (χ3n) is 6.67. The van der Waals surface area contributed by atoms with Gasteiger partial charge in [0.2, 0.25) is 11.8 Å². The number of methoxy groups -OCH3 is 1. The Bertz CT molecular complexity index is 714. The molecule has 5 nitrogen and oxygen atoms in total. The number of nitrogens with one attached hydrogen (secondary N) is 1. The van der Waals surface area contributed by atoms with Gasteiger partial charge < -0.3 is 15.0 Å². The Labute approximate surface area is 148 Å². The van der Waals surface area contributed by atoms with Crippen LogP contribution in [-0.4, -0.2) is 34.9 Å². The molecule has 134 valence electrons. The highest BCUT2D eigenvalue weighted by atomic mass is 16.5. The van der Waals surface area contributed by atoms with Crippen LogP contribution in [0.15, 0.2) is 24.3 Å². The van der Waals surface area contributed by atoms with E-state index >= 15 is 0 Å². The highest BCUT2D eigenvalue weighted by Crippen LogP contribution is 2.54. The van der Waals surface area contributed by atoms with E-state index < -0.39 is 11.1 Å². The second-order valence-corrected chi connectivity index (χ2v) is 8.04. The molecule has 1 spiro atoms. The summed E-state index contributed by atoms with van der Waals surface area (Å²) in [5.74, 6) is 1.31. The minimum Gasteiger partial charge on any atom is -0.497 e. The van der Waals surface area contributed by atoms with E-state index in [0.717, 1.165) is 37.0 Å². The zero-order chi connectivity index (χ0) is 17.8. The van der Waals surface area contributed by atoms with Crippen molar-refractivity contribution in [3.8, 4) is 5.75 Å². The molecular weight excluding hydrogens is 316 g/mol. The smallest absolute Gasteiger partial charge is 0.249 e. The van der Waals surface area contributed by atoms with Crippen LogP contribution in [0.1, 0.15) is 45.1 Å². The van der Waals surface area contributed by atoms with Gasteiger partial charge in [-0.3, -0.25) is 9.59 Å². The van der Waals surface area contributed by atoms with E-state index in [1.54, 1.807) is 7.11 Å². The standard InChI is InChI=1S/C20H26N2O3/c1-13(2)20-11-15-5-4-10-19(15,21-17(20)23)18(24)22(20)12-14-6-8-16(25-3)9-7-14/h6-9,13,15H,4-5,10-12H2,1-3H3,(H,21,23). The molecule has 1 saturated carbocycles. The summed E-state index contributed by atoms with van der Waals surface area (Å²) >= 11 is 0. The van der Waals surface area contributed by atoms with Gasteiger partial charge in [-0.25, -0.2) is 0 Å². The summed E-state index contributed by atoms with van der Waals surface area (Å²) in [6, 6.07) is 7.76. The van der Waals surface area contributed by atoms with Gasteiger partial charge in [-0.2, -0.15) is 0 Å². The fraction of sp³-hybridized carbons (Fsp3) is 0.600. The number of amides is 2. The van der Waals surface area contributed by atoms with Crippen LogP contribution >= 0.6 is 0 Å². The van der Waals surface area contributed by atoms with E-state index in [2.05, 4.69) is 19.2 Å². The van der Waals surface area contributed by atoms with Crippen LogP contribution in [0.2, 0.25) is 0 Å². The molecule has 3 unspecified atom stereocenters. The third-order valence-corrected chi connectivity index (χ3v) is 6.67. The van der Waals surface area contributed by atoms with Crippen LogP contribution in [0.3, 0.4) is 0 Å². The van der Waals surface area contributed by atoms with Gasteiger partial charge in [-0.1, -0.05) is 32.4 Å². The fourth-order valence-electron chi connectivity index (χ4n) is 5.22. The molecule has 1 aromatic rings. The molecule has 4 aliphatic rings. The Morgan fingerprint density at radius 2 is 2.00 bits per heavy atom. The molecule has 25 heavy (non-hydrogen) atoms. The van der Waals surface area contributed by atoms with E-state index in [9.17, 15) is 9.59 Å². The summed E-state index contributed by atoms with van der Waals surface area (Å²) in [5.41, 5.74) is -0.353. The molecule has 0 aromatic heterocycles. The van der Waals surface area contributed by atoms with Gasteiger partial charge >= 0.3 is 0 Å². The maximum atomic E-state index is 13.5. The van der Waals surface area contributed by atoms with Crippen molar-refractivity contribution in [2.24, 2.45) is 11.8 Å². The Hall–Kier alpha value is -2.04. The monoisotopic (exact) mass is 342 g/mol. The molecule has 3 atom stereocenters. The number of rotatable bonds is 4. The number of piperazine rings is 1. The van der Waals surface area contributed by atoms with Gasteiger partial charge in [-0.05, 0) is 48.8 Å². The van der Waals surface area contributed by atoms with E-state index in [0.29, 0.717) is 6.54 Å². The second-order valence-electron chi connectivity index (χ2n) is 8.04. The largest absolute Gasteiger partial charge is 0.497 e. The molecule has 3 heterocycles. The van der Waals surface area contributed by atoms with Crippen LogP contribution in [0.25, 0.3) is 0 Å². The molecule has 1 N–H and O–H groups in total. The predicted molar refractivity (Wildman–Crippen MR) is 93.9 cm³/mol. The van der Waals surface area contributed by atoms with Crippen molar-refractivity contribution in [3.05, 3.63) is 29.8 Å². The molecule has 1 aromatic carbocycles. The Morgan fingerprint density at radius 3 is 2.64 bits per heavy atom. The van der Waals surface area contributed by atoms with E-state index in [-0.39, 0.29) is 23.7 Å². The highest BCUT2D eigenvalue weighted by Gasteiger charge is 2.69. The molecule has 3 saturated heterocycles. The molecule has 0 radical (unpaired) electrons. The number of hydrogen-bond donors (Lipinski definition) is 1. The first-order valence-corrected chi connectivity index (χ1v) is 9.21. The molecule has 5 heteroatoms. The van der Waals surface area contributed by atoms with Crippen molar-refractivity contribution in [1.82, 2.24) is 10.2 Å². The lowest BCUT2D eigenvalue weighted by Crippen LogP contribution is -2.82. The van der Waals surface area contributed by atoms with E-state index in [1.807, 2.05) is 29.2 Å². The fourth-order valence-corrected chi connectivity index (χ4v) is 5.22. The Kier molecular flexibility index (Phi) is 3.60. The SMILES string of the molecule is COc1ccc(CN2C(=O)C34CCCC3CC2(C(C)C)C(=O)N4)cc1. The summed E-state index contributed by atoms with van der Waals surface area (Å²) in [4.78, 5) is 28.4. The van der Waals surface area contributed by atoms with Gasteiger partial charge in [0.05, 0.1) is 7.11 Å². The maximum absolute atomic E-state index is 13.5. The van der Waals surface area contributed by atoms with Crippen LogP contribution in [0.5, 0.6) is 5.75 Å². The summed E-state index contributed by atoms with van der Waals surface area (Å²) in [6.07, 6.45) is 3.62. The minimum absolute atomic E-state index is 0.0359. The third kappa shape index (κ3) is 2.07. The summed E-state index contributed by atoms with van der Waals surface area (Å²) in [5, 5.41) is 3.15. The van der Waals surface area contributed by atoms with Gasteiger partial charge in [0, 0.05) is 6.54 Å². The predicted octanol–water partition coefficient (Wildman–Crippen LogP) is 2.49. The number of benzene rings is 1. The molecule has 3 aliphatic heterocycles. The lowest BCUT2D eigenvalue weighted by atomic mass is 9.62. The lowest BCUT2D eigenvalue weighted by molar-refractivity contribution is -0.182. The molecule has 2 amide bonds. The molecular formula is C20H26N2O3. The van der Waals surface area contributed by atoms with Gasteiger partial charge in [0.1, 0.15) is 16.8 Å². The first-order chi connectivity index (χ1) is 11.9. The number of nitrogens with zero attached hydrogens (tertiary/aromatic N) is 1. The van der Waals surface area contributed by atoms with E-state index in [4.69, 9.17) is 4.74 Å². The van der Waals surface area contributed by atoms with Gasteiger partial charge in [-0.15, -0.1) is 0 Å². The highest BCUT2D eigenvalue weighted by molar-refractivity contribution is 6.04.